The van der Waals surface area contributed by atoms with Crippen molar-refractivity contribution in [1.29, 1.82) is 0 Å². The molecule has 0 radical (unpaired) electrons. The van der Waals surface area contributed by atoms with Gasteiger partial charge in [-0.05, 0) is 42.5 Å². The molecule has 1 aliphatic heterocycles. The van der Waals surface area contributed by atoms with Crippen LogP contribution in [-0.4, -0.2) is 12.6 Å². The maximum Gasteiger partial charge on any atom is 0.231 e. The average Bonchev–Trinajstić information content (AvgIpc) is 2.86. The van der Waals surface area contributed by atoms with Crippen molar-refractivity contribution in [2.45, 2.75) is 0 Å². The van der Waals surface area contributed by atoms with Crippen molar-refractivity contribution in [1.82, 2.24) is 0 Å². The summed E-state index contributed by atoms with van der Waals surface area (Å²) in [6.45, 7) is 0.203. The summed E-state index contributed by atoms with van der Waals surface area (Å²) in [6.07, 6.45) is 0. The molecule has 1 heterocycles. The molecule has 4 heteroatoms. The number of hydrogen-bond acceptors (Lipinski definition) is 4. The number of hydrogen-bond donors (Lipinski definition) is 1. The Balaban J connectivity index is 1.95. The van der Waals surface area contributed by atoms with Crippen LogP contribution in [0.1, 0.15) is 15.9 Å². The molecule has 0 bridgehead atoms. The van der Waals surface area contributed by atoms with Crippen LogP contribution in [0.5, 0.6) is 11.5 Å². The first kappa shape index (κ1) is 10.7. The zero-order valence-corrected chi connectivity index (χ0v) is 9.55. The molecular weight excluding hydrogens is 230 g/mol. The molecule has 0 aromatic heterocycles. The van der Waals surface area contributed by atoms with Gasteiger partial charge in [0.05, 0.1) is 0 Å². The van der Waals surface area contributed by atoms with Crippen molar-refractivity contribution < 1.29 is 14.3 Å². The molecule has 2 N–H and O–H groups in total. The van der Waals surface area contributed by atoms with Gasteiger partial charge in [-0.3, -0.25) is 4.79 Å². The predicted octanol–water partition coefficient (Wildman–Crippen LogP) is 2.23. The van der Waals surface area contributed by atoms with Gasteiger partial charge in [-0.15, -0.1) is 0 Å². The number of benzene rings is 2. The molecule has 0 saturated carbocycles. The van der Waals surface area contributed by atoms with Gasteiger partial charge in [0.25, 0.3) is 0 Å². The van der Waals surface area contributed by atoms with Gasteiger partial charge < -0.3 is 15.2 Å². The largest absolute Gasteiger partial charge is 0.454 e. The number of nitrogen functional groups attached to an aromatic ring is 1. The van der Waals surface area contributed by atoms with Gasteiger partial charge in [-0.2, -0.15) is 0 Å². The number of fused-ring (bicyclic) bond motifs is 1. The second-order valence-corrected chi connectivity index (χ2v) is 4.02. The third kappa shape index (κ3) is 1.78. The van der Waals surface area contributed by atoms with Crippen LogP contribution < -0.4 is 15.2 Å². The van der Waals surface area contributed by atoms with Crippen LogP contribution in [-0.2, 0) is 0 Å². The summed E-state index contributed by atoms with van der Waals surface area (Å²) in [7, 11) is 0. The molecule has 2 aromatic carbocycles. The van der Waals surface area contributed by atoms with E-state index in [-0.39, 0.29) is 12.6 Å². The zero-order valence-electron chi connectivity index (χ0n) is 9.55. The molecular formula is C14H11NO3. The number of anilines is 1. The highest BCUT2D eigenvalue weighted by Crippen LogP contribution is 2.33. The Morgan fingerprint density at radius 1 is 0.944 bits per heavy atom. The van der Waals surface area contributed by atoms with E-state index in [0.717, 1.165) is 0 Å². The average molecular weight is 241 g/mol. The third-order valence-corrected chi connectivity index (χ3v) is 2.81. The van der Waals surface area contributed by atoms with Crippen LogP contribution in [0.3, 0.4) is 0 Å². The fourth-order valence-electron chi connectivity index (χ4n) is 1.84. The van der Waals surface area contributed by atoms with E-state index in [9.17, 15) is 4.79 Å². The second-order valence-electron chi connectivity index (χ2n) is 4.02. The molecule has 0 saturated heterocycles. The molecule has 0 aliphatic carbocycles. The van der Waals surface area contributed by atoms with Crippen molar-refractivity contribution in [2.75, 3.05) is 12.5 Å². The summed E-state index contributed by atoms with van der Waals surface area (Å²) in [6, 6.07) is 12.0. The Morgan fingerprint density at radius 2 is 1.61 bits per heavy atom. The van der Waals surface area contributed by atoms with E-state index < -0.39 is 0 Å². The van der Waals surface area contributed by atoms with Crippen molar-refractivity contribution in [3.63, 3.8) is 0 Å². The molecule has 0 atom stereocenters. The lowest BCUT2D eigenvalue weighted by Gasteiger charge is -2.03. The number of rotatable bonds is 2. The summed E-state index contributed by atoms with van der Waals surface area (Å²) in [4.78, 5) is 12.2. The van der Waals surface area contributed by atoms with Crippen molar-refractivity contribution in [3.8, 4) is 11.5 Å². The Labute approximate surface area is 104 Å². The van der Waals surface area contributed by atoms with Gasteiger partial charge >= 0.3 is 0 Å². The number of nitrogens with two attached hydrogens (primary N) is 1. The highest BCUT2D eigenvalue weighted by Gasteiger charge is 2.16. The monoisotopic (exact) mass is 241 g/mol. The summed E-state index contributed by atoms with van der Waals surface area (Å²) >= 11 is 0. The van der Waals surface area contributed by atoms with Crippen LogP contribution in [0.15, 0.2) is 42.5 Å². The zero-order chi connectivity index (χ0) is 12.5. The first-order valence-electron chi connectivity index (χ1n) is 5.54. The summed E-state index contributed by atoms with van der Waals surface area (Å²) in [5.74, 6) is 1.22. The Bertz CT molecular complexity index is 605. The molecule has 0 amide bonds. The SMILES string of the molecule is Nc1ccc(C(=O)c2ccc3c(c2)OCO3)cc1. The predicted molar refractivity (Wildman–Crippen MR) is 66.9 cm³/mol. The Morgan fingerprint density at radius 3 is 2.39 bits per heavy atom. The van der Waals surface area contributed by atoms with Gasteiger partial charge in [0, 0.05) is 16.8 Å². The standard InChI is InChI=1S/C14H11NO3/c15-11-4-1-9(2-5-11)14(16)10-3-6-12-13(7-10)18-8-17-12/h1-7H,8,15H2. The van der Waals surface area contributed by atoms with E-state index in [1.54, 1.807) is 42.5 Å². The third-order valence-electron chi connectivity index (χ3n) is 2.81. The molecule has 4 nitrogen and oxygen atoms in total. The lowest BCUT2D eigenvalue weighted by molar-refractivity contribution is 0.103. The van der Waals surface area contributed by atoms with Crippen LogP contribution in [0, 0.1) is 0 Å². The minimum Gasteiger partial charge on any atom is -0.454 e. The Hall–Kier alpha value is -2.49. The number of ether oxygens (including phenoxy) is 2. The molecule has 3 rings (SSSR count). The van der Waals surface area contributed by atoms with E-state index in [2.05, 4.69) is 0 Å². The summed E-state index contributed by atoms with van der Waals surface area (Å²) in [5.41, 5.74) is 7.40. The maximum absolute atomic E-state index is 12.2. The van der Waals surface area contributed by atoms with Crippen LogP contribution >= 0.6 is 0 Å². The van der Waals surface area contributed by atoms with Crippen molar-refractivity contribution in [3.05, 3.63) is 53.6 Å². The van der Waals surface area contributed by atoms with E-state index in [4.69, 9.17) is 15.2 Å². The van der Waals surface area contributed by atoms with E-state index in [1.165, 1.54) is 0 Å². The van der Waals surface area contributed by atoms with Crippen LogP contribution in [0.2, 0.25) is 0 Å². The van der Waals surface area contributed by atoms with Gasteiger partial charge in [0.15, 0.2) is 17.3 Å². The normalized spacial score (nSPS) is 12.4. The van der Waals surface area contributed by atoms with Crippen LogP contribution in [0.25, 0.3) is 0 Å². The lowest BCUT2D eigenvalue weighted by Crippen LogP contribution is -2.01. The molecule has 90 valence electrons. The van der Waals surface area contributed by atoms with Gasteiger partial charge in [0.2, 0.25) is 6.79 Å². The van der Waals surface area contributed by atoms with Gasteiger partial charge in [-0.1, -0.05) is 0 Å². The van der Waals surface area contributed by atoms with E-state index in [1.807, 2.05) is 0 Å². The minimum atomic E-state index is -0.0618. The fraction of sp³-hybridized carbons (Fsp3) is 0.0714. The van der Waals surface area contributed by atoms with Gasteiger partial charge in [-0.25, -0.2) is 0 Å². The molecule has 0 spiro atoms. The molecule has 2 aromatic rings. The fourth-order valence-corrected chi connectivity index (χ4v) is 1.84. The number of carbonyl (C=O) groups is 1. The maximum atomic E-state index is 12.2. The second kappa shape index (κ2) is 4.07. The van der Waals surface area contributed by atoms with Crippen molar-refractivity contribution in [2.24, 2.45) is 0 Å². The number of carbonyl (C=O) groups excluding carboxylic acids is 1. The highest BCUT2D eigenvalue weighted by atomic mass is 16.7. The molecule has 1 aliphatic rings. The summed E-state index contributed by atoms with van der Waals surface area (Å²) < 4.78 is 10.5. The minimum absolute atomic E-state index is 0.0618. The Kier molecular flexibility index (Phi) is 2.41. The van der Waals surface area contributed by atoms with Crippen molar-refractivity contribution >= 4 is 11.5 Å². The molecule has 18 heavy (non-hydrogen) atoms. The molecule has 0 fully saturated rings. The first-order valence-corrected chi connectivity index (χ1v) is 5.54. The van der Waals surface area contributed by atoms with E-state index >= 15 is 0 Å². The smallest absolute Gasteiger partial charge is 0.231 e. The van der Waals surface area contributed by atoms with Crippen LogP contribution in [0.4, 0.5) is 5.69 Å². The number of ketones is 1. The quantitative estimate of drug-likeness (QED) is 0.647. The first-order chi connectivity index (χ1) is 8.74. The van der Waals surface area contributed by atoms with Gasteiger partial charge in [0.1, 0.15) is 0 Å². The topological polar surface area (TPSA) is 61.6 Å². The summed E-state index contributed by atoms with van der Waals surface area (Å²) in [5, 5.41) is 0. The lowest BCUT2D eigenvalue weighted by atomic mass is 10.0. The highest BCUT2D eigenvalue weighted by molar-refractivity contribution is 6.09. The van der Waals surface area contributed by atoms with E-state index in [0.29, 0.717) is 28.3 Å². The molecule has 0 unspecified atom stereocenters.